The lowest BCUT2D eigenvalue weighted by atomic mass is 10.0. The van der Waals surface area contributed by atoms with Crippen molar-refractivity contribution in [2.24, 2.45) is 4.99 Å². The number of likely N-dealkylation sites (N-methyl/N-ethyl adjacent to an activating group) is 1. The summed E-state index contributed by atoms with van der Waals surface area (Å²) < 4.78 is 5.23. The number of hydrogen-bond donors (Lipinski definition) is 0. The molecule has 0 bridgehead atoms. The molecule has 0 fully saturated rings. The third-order valence-electron chi connectivity index (χ3n) is 4.76. The standard InChI is InChI=1S/C23H22N2OS/c1-25-14-13-24-21(12-7-17-5-9-19(26-2)10-6-17)20-11-8-18(16-22(20)25)23-4-3-15-27-23/h3-12,15-16H,13-14H2,1-2H3/b12-7+. The number of benzodiazepines with no additional fused rings is 1. The van der Waals surface area contributed by atoms with Crippen LogP contribution in [0.5, 0.6) is 5.75 Å². The molecule has 3 aromatic rings. The smallest absolute Gasteiger partial charge is 0.118 e. The normalized spacial score (nSPS) is 14.0. The monoisotopic (exact) mass is 374 g/mol. The van der Waals surface area contributed by atoms with Crippen molar-refractivity contribution in [1.29, 1.82) is 0 Å². The average Bonchev–Trinajstić information content (AvgIpc) is 3.20. The maximum Gasteiger partial charge on any atom is 0.118 e. The quantitative estimate of drug-likeness (QED) is 0.613. The summed E-state index contributed by atoms with van der Waals surface area (Å²) >= 11 is 1.77. The molecule has 2 aromatic carbocycles. The van der Waals surface area contributed by atoms with E-state index in [0.717, 1.165) is 30.1 Å². The van der Waals surface area contributed by atoms with Gasteiger partial charge in [-0.3, -0.25) is 4.99 Å². The van der Waals surface area contributed by atoms with E-state index >= 15 is 0 Å². The first-order valence-electron chi connectivity index (χ1n) is 9.00. The second kappa shape index (κ2) is 7.80. The number of aliphatic imine (C=N–C) groups is 1. The SMILES string of the molecule is COc1ccc(/C=C/C2=NCCN(C)c3cc(-c4cccs4)ccc32)cc1. The van der Waals surface area contributed by atoms with Gasteiger partial charge in [0, 0.05) is 29.7 Å². The Morgan fingerprint density at radius 3 is 2.67 bits per heavy atom. The summed E-state index contributed by atoms with van der Waals surface area (Å²) in [5.41, 5.74) is 5.84. The van der Waals surface area contributed by atoms with E-state index in [9.17, 15) is 0 Å². The van der Waals surface area contributed by atoms with Gasteiger partial charge >= 0.3 is 0 Å². The molecule has 3 nitrogen and oxygen atoms in total. The first-order chi connectivity index (χ1) is 13.2. The molecule has 0 radical (unpaired) electrons. The highest BCUT2D eigenvalue weighted by Crippen LogP contribution is 2.32. The van der Waals surface area contributed by atoms with Crippen LogP contribution in [0, 0.1) is 0 Å². The van der Waals surface area contributed by atoms with Crippen LogP contribution in [0.2, 0.25) is 0 Å². The van der Waals surface area contributed by atoms with E-state index in [1.54, 1.807) is 18.4 Å². The number of rotatable bonds is 4. The predicted molar refractivity (Wildman–Crippen MR) is 116 cm³/mol. The number of hydrogen-bond acceptors (Lipinski definition) is 4. The highest BCUT2D eigenvalue weighted by Gasteiger charge is 2.16. The average molecular weight is 375 g/mol. The van der Waals surface area contributed by atoms with Crippen molar-refractivity contribution in [2.75, 3.05) is 32.1 Å². The van der Waals surface area contributed by atoms with Crippen LogP contribution in [-0.4, -0.2) is 33.0 Å². The summed E-state index contributed by atoms with van der Waals surface area (Å²) in [5.74, 6) is 0.868. The summed E-state index contributed by atoms with van der Waals surface area (Å²) in [4.78, 5) is 8.41. The summed E-state index contributed by atoms with van der Waals surface area (Å²) in [5, 5.41) is 2.12. The Hall–Kier alpha value is -2.85. The highest BCUT2D eigenvalue weighted by atomic mass is 32.1. The van der Waals surface area contributed by atoms with E-state index in [2.05, 4.69) is 71.9 Å². The van der Waals surface area contributed by atoms with Crippen LogP contribution in [-0.2, 0) is 0 Å². The molecule has 0 unspecified atom stereocenters. The Kier molecular flexibility index (Phi) is 5.07. The minimum atomic E-state index is 0.793. The van der Waals surface area contributed by atoms with Crippen LogP contribution in [0.25, 0.3) is 16.5 Å². The minimum Gasteiger partial charge on any atom is -0.497 e. The molecule has 0 spiro atoms. The molecule has 4 heteroatoms. The molecule has 0 amide bonds. The van der Waals surface area contributed by atoms with E-state index in [1.807, 2.05) is 12.1 Å². The molecule has 136 valence electrons. The Morgan fingerprint density at radius 2 is 1.93 bits per heavy atom. The van der Waals surface area contributed by atoms with Gasteiger partial charge in [-0.05, 0) is 46.8 Å². The zero-order valence-corrected chi connectivity index (χ0v) is 16.4. The topological polar surface area (TPSA) is 24.8 Å². The Morgan fingerprint density at radius 1 is 1.07 bits per heavy atom. The molecule has 0 N–H and O–H groups in total. The van der Waals surface area contributed by atoms with Gasteiger partial charge in [-0.1, -0.05) is 36.4 Å². The van der Waals surface area contributed by atoms with Gasteiger partial charge < -0.3 is 9.64 Å². The van der Waals surface area contributed by atoms with Crippen molar-refractivity contribution >= 4 is 28.8 Å². The van der Waals surface area contributed by atoms with E-state index in [4.69, 9.17) is 9.73 Å². The number of thiophene rings is 1. The number of nitrogens with zero attached hydrogens (tertiary/aromatic N) is 2. The lowest BCUT2D eigenvalue weighted by Crippen LogP contribution is -2.20. The second-order valence-corrected chi connectivity index (χ2v) is 7.45. The van der Waals surface area contributed by atoms with Gasteiger partial charge in [-0.25, -0.2) is 0 Å². The van der Waals surface area contributed by atoms with Gasteiger partial charge in [0.05, 0.1) is 19.4 Å². The summed E-state index contributed by atoms with van der Waals surface area (Å²) in [7, 11) is 3.83. The molecule has 1 aliphatic heterocycles. The number of allylic oxidation sites excluding steroid dienone is 1. The van der Waals surface area contributed by atoms with Crippen LogP contribution >= 0.6 is 11.3 Å². The molecular formula is C23H22N2OS. The molecule has 27 heavy (non-hydrogen) atoms. The lowest BCUT2D eigenvalue weighted by Gasteiger charge is -2.20. The molecule has 1 aromatic heterocycles. The molecule has 2 heterocycles. The highest BCUT2D eigenvalue weighted by molar-refractivity contribution is 7.13. The molecule has 0 aliphatic carbocycles. The maximum absolute atomic E-state index is 5.23. The van der Waals surface area contributed by atoms with Crippen LogP contribution < -0.4 is 9.64 Å². The van der Waals surface area contributed by atoms with Crippen molar-refractivity contribution < 1.29 is 4.74 Å². The van der Waals surface area contributed by atoms with Crippen LogP contribution in [0.3, 0.4) is 0 Å². The Labute approximate surface area is 164 Å². The first-order valence-corrected chi connectivity index (χ1v) is 9.88. The number of benzene rings is 2. The number of fused-ring (bicyclic) bond motifs is 1. The van der Waals surface area contributed by atoms with Gasteiger partial charge in [-0.2, -0.15) is 0 Å². The van der Waals surface area contributed by atoms with Crippen molar-refractivity contribution in [3.05, 3.63) is 77.2 Å². The molecule has 1 aliphatic rings. The van der Waals surface area contributed by atoms with Crippen molar-refractivity contribution in [1.82, 2.24) is 0 Å². The third-order valence-corrected chi connectivity index (χ3v) is 5.68. The number of ether oxygens (including phenoxy) is 1. The Balaban J connectivity index is 1.67. The lowest BCUT2D eigenvalue weighted by molar-refractivity contribution is 0.415. The van der Waals surface area contributed by atoms with Crippen molar-refractivity contribution in [3.8, 4) is 16.2 Å². The van der Waals surface area contributed by atoms with E-state index < -0.39 is 0 Å². The van der Waals surface area contributed by atoms with E-state index in [0.29, 0.717) is 0 Å². The minimum absolute atomic E-state index is 0.793. The molecular weight excluding hydrogens is 352 g/mol. The van der Waals surface area contributed by atoms with Gasteiger partial charge in [-0.15, -0.1) is 11.3 Å². The zero-order valence-electron chi connectivity index (χ0n) is 15.6. The first kappa shape index (κ1) is 17.6. The largest absolute Gasteiger partial charge is 0.497 e. The molecule has 0 atom stereocenters. The Bertz CT molecular complexity index is 972. The summed E-state index contributed by atoms with van der Waals surface area (Å²) in [6.07, 6.45) is 4.23. The van der Waals surface area contributed by atoms with Gasteiger partial charge in [0.2, 0.25) is 0 Å². The zero-order chi connectivity index (χ0) is 18.6. The fraction of sp³-hybridized carbons (Fsp3) is 0.174. The van der Waals surface area contributed by atoms with Crippen LogP contribution in [0.4, 0.5) is 5.69 Å². The van der Waals surface area contributed by atoms with E-state index in [-0.39, 0.29) is 0 Å². The molecule has 4 rings (SSSR count). The number of anilines is 1. The van der Waals surface area contributed by atoms with Crippen molar-refractivity contribution in [3.63, 3.8) is 0 Å². The summed E-state index contributed by atoms with van der Waals surface area (Å²) in [6, 6.07) is 19.0. The predicted octanol–water partition coefficient (Wildman–Crippen LogP) is 5.38. The fourth-order valence-corrected chi connectivity index (χ4v) is 3.94. The maximum atomic E-state index is 5.23. The second-order valence-electron chi connectivity index (χ2n) is 6.50. The van der Waals surface area contributed by atoms with Gasteiger partial charge in [0.25, 0.3) is 0 Å². The number of methoxy groups -OCH3 is 1. The van der Waals surface area contributed by atoms with Gasteiger partial charge in [0.1, 0.15) is 5.75 Å². The molecule has 0 saturated carbocycles. The fourth-order valence-electron chi connectivity index (χ4n) is 3.22. The molecule has 0 saturated heterocycles. The third kappa shape index (κ3) is 3.81. The van der Waals surface area contributed by atoms with Crippen LogP contribution in [0.1, 0.15) is 11.1 Å². The summed E-state index contributed by atoms with van der Waals surface area (Å²) in [6.45, 7) is 1.71. The van der Waals surface area contributed by atoms with Crippen LogP contribution in [0.15, 0.2) is 71.0 Å². The van der Waals surface area contributed by atoms with Gasteiger partial charge in [0.15, 0.2) is 0 Å². The van der Waals surface area contributed by atoms with E-state index in [1.165, 1.54) is 21.7 Å². The van der Waals surface area contributed by atoms with Crippen molar-refractivity contribution in [2.45, 2.75) is 0 Å².